The fourth-order valence-electron chi connectivity index (χ4n) is 2.66. The maximum atomic E-state index is 12.5. The number of hydroxylamine groups is 2. The van der Waals surface area contributed by atoms with Crippen LogP contribution in [0.2, 0.25) is 0 Å². The predicted molar refractivity (Wildman–Crippen MR) is 97.5 cm³/mol. The quantitative estimate of drug-likeness (QED) is 0.510. The number of fused-ring (bicyclic) bond motifs is 1. The maximum Gasteiger partial charge on any atom is 0.271 e. The third-order valence-electron chi connectivity index (χ3n) is 3.93. The lowest BCUT2D eigenvalue weighted by Gasteiger charge is -2.09. The Labute approximate surface area is 156 Å². The van der Waals surface area contributed by atoms with Crippen molar-refractivity contribution in [2.75, 3.05) is 0 Å². The summed E-state index contributed by atoms with van der Waals surface area (Å²) in [5, 5.41) is 10.3. The lowest BCUT2D eigenvalue weighted by atomic mass is 10.2. The molecule has 0 unspecified atom stereocenters. The summed E-state index contributed by atoms with van der Waals surface area (Å²) in [7, 11) is -3.98. The lowest BCUT2D eigenvalue weighted by Crippen LogP contribution is -2.40. The maximum absolute atomic E-state index is 12.5. The summed E-state index contributed by atoms with van der Waals surface area (Å²) in [6.07, 6.45) is -0.400. The van der Waals surface area contributed by atoms with Gasteiger partial charge in [-0.1, -0.05) is 18.2 Å². The normalized spacial score (nSPS) is 18.2. The van der Waals surface area contributed by atoms with Gasteiger partial charge in [0.2, 0.25) is 0 Å². The van der Waals surface area contributed by atoms with Gasteiger partial charge in [0.05, 0.1) is 6.42 Å². The van der Waals surface area contributed by atoms with E-state index in [9.17, 15) is 23.2 Å². The summed E-state index contributed by atoms with van der Waals surface area (Å²) in [5.74, 6) is -1.81. The molecule has 7 nitrogen and oxygen atoms in total. The number of amides is 2. The second-order valence-electron chi connectivity index (χ2n) is 5.69. The van der Waals surface area contributed by atoms with Gasteiger partial charge in [0.25, 0.3) is 21.8 Å². The Morgan fingerprint density at radius 1 is 1.08 bits per heavy atom. The van der Waals surface area contributed by atoms with E-state index in [-0.39, 0.29) is 9.27 Å². The topological polar surface area (TPSA) is 104 Å². The summed E-state index contributed by atoms with van der Waals surface area (Å²) in [6.45, 7) is 0. The molecule has 0 radical (unpaired) electrons. The van der Waals surface area contributed by atoms with Crippen LogP contribution in [0.3, 0.4) is 0 Å². The van der Waals surface area contributed by atoms with Crippen LogP contribution in [0.1, 0.15) is 6.42 Å². The fraction of sp³-hybridized carbons (Fsp3) is 0.125. The van der Waals surface area contributed by atoms with Crippen LogP contribution in [-0.4, -0.2) is 36.5 Å². The van der Waals surface area contributed by atoms with E-state index in [2.05, 4.69) is 4.72 Å². The molecular weight excluding hydrogens is 396 g/mol. The second-order valence-corrected chi connectivity index (χ2v) is 9.80. The number of hydrogen-bond acceptors (Lipinski definition) is 7. The van der Waals surface area contributed by atoms with Crippen LogP contribution in [0.5, 0.6) is 0 Å². The molecule has 2 amide bonds. The Bertz CT molecular complexity index is 1100. The molecule has 3 heterocycles. The Morgan fingerprint density at radius 3 is 2.54 bits per heavy atom. The van der Waals surface area contributed by atoms with Crippen molar-refractivity contribution in [3.05, 3.63) is 42.5 Å². The van der Waals surface area contributed by atoms with E-state index in [0.717, 1.165) is 31.2 Å². The number of hydrogen-bond donors (Lipinski definition) is 2. The van der Waals surface area contributed by atoms with E-state index >= 15 is 0 Å². The van der Waals surface area contributed by atoms with Crippen molar-refractivity contribution in [3.8, 4) is 9.75 Å². The number of carbonyl (C=O) groups is 2. The van der Waals surface area contributed by atoms with Gasteiger partial charge in [-0.3, -0.25) is 14.8 Å². The molecule has 26 heavy (non-hydrogen) atoms. The van der Waals surface area contributed by atoms with Crippen LogP contribution in [0.4, 0.5) is 0 Å². The molecule has 4 rings (SSSR count). The Hall–Kier alpha value is -2.11. The van der Waals surface area contributed by atoms with E-state index in [1.54, 1.807) is 17.4 Å². The molecule has 3 aromatic rings. The van der Waals surface area contributed by atoms with Gasteiger partial charge in [0, 0.05) is 14.5 Å². The van der Waals surface area contributed by atoms with Crippen molar-refractivity contribution < 1.29 is 23.2 Å². The van der Waals surface area contributed by atoms with Gasteiger partial charge in [-0.15, -0.1) is 22.7 Å². The minimum atomic E-state index is -3.98. The molecule has 10 heteroatoms. The van der Waals surface area contributed by atoms with Gasteiger partial charge in [0.15, 0.2) is 0 Å². The zero-order valence-corrected chi connectivity index (χ0v) is 15.5. The number of benzene rings is 1. The van der Waals surface area contributed by atoms with E-state index in [1.807, 2.05) is 30.3 Å². The van der Waals surface area contributed by atoms with Crippen molar-refractivity contribution in [1.82, 2.24) is 9.79 Å². The average molecular weight is 408 g/mol. The van der Waals surface area contributed by atoms with Gasteiger partial charge >= 0.3 is 0 Å². The fourth-order valence-corrected chi connectivity index (χ4v) is 6.31. The Balaban J connectivity index is 1.60. The molecule has 0 saturated carbocycles. The van der Waals surface area contributed by atoms with Crippen LogP contribution in [0.25, 0.3) is 19.8 Å². The molecule has 1 aromatic carbocycles. The first-order chi connectivity index (χ1) is 12.3. The summed E-state index contributed by atoms with van der Waals surface area (Å²) in [6, 6.07) is 11.8. The zero-order valence-electron chi connectivity index (χ0n) is 13.1. The minimum absolute atomic E-state index is 0.0431. The molecule has 1 aliphatic rings. The molecule has 134 valence electrons. The van der Waals surface area contributed by atoms with Crippen LogP contribution in [0, 0.1) is 0 Å². The van der Waals surface area contributed by atoms with Gasteiger partial charge in [-0.05, 0) is 29.7 Å². The standard InChI is InChI=1S/C16H12N2O5S3/c19-14-8-10(16(20)18(14)21)17-26(22,23)15-6-5-12(25-15)13-7-9-3-1-2-4-11(9)24-13/h1-7,10,17,21H,8H2/t10-/m1/s1. The molecule has 0 aliphatic carbocycles. The lowest BCUT2D eigenvalue weighted by molar-refractivity contribution is -0.171. The number of rotatable bonds is 4. The third kappa shape index (κ3) is 2.95. The van der Waals surface area contributed by atoms with Crippen molar-refractivity contribution in [1.29, 1.82) is 0 Å². The van der Waals surface area contributed by atoms with Crippen molar-refractivity contribution in [2.45, 2.75) is 16.7 Å². The van der Waals surface area contributed by atoms with Gasteiger partial charge in [0.1, 0.15) is 10.3 Å². The highest BCUT2D eigenvalue weighted by Crippen LogP contribution is 2.38. The molecule has 1 atom stereocenters. The number of sulfonamides is 1. The van der Waals surface area contributed by atoms with E-state index in [1.165, 1.54) is 6.07 Å². The summed E-state index contributed by atoms with van der Waals surface area (Å²) in [4.78, 5) is 24.7. The predicted octanol–water partition coefficient (Wildman–Crippen LogP) is 2.42. The smallest absolute Gasteiger partial charge is 0.271 e. The molecule has 1 saturated heterocycles. The number of carbonyl (C=O) groups excluding carboxylic acids is 2. The first kappa shape index (κ1) is 17.3. The molecule has 0 bridgehead atoms. The van der Waals surface area contributed by atoms with E-state index in [4.69, 9.17) is 0 Å². The second kappa shape index (κ2) is 6.25. The monoisotopic (exact) mass is 408 g/mol. The zero-order chi connectivity index (χ0) is 18.5. The van der Waals surface area contributed by atoms with Gasteiger partial charge in [-0.2, -0.15) is 9.79 Å². The third-order valence-corrected chi connectivity index (χ3v) is 8.29. The van der Waals surface area contributed by atoms with Crippen molar-refractivity contribution in [3.63, 3.8) is 0 Å². The van der Waals surface area contributed by atoms with Gasteiger partial charge < -0.3 is 0 Å². The SMILES string of the molecule is O=C1C[C@@H](NS(=O)(=O)c2ccc(-c3cc4ccccc4s3)s2)C(=O)N1O. The molecule has 0 spiro atoms. The van der Waals surface area contributed by atoms with Crippen LogP contribution in [-0.2, 0) is 19.6 Å². The first-order valence-corrected chi connectivity index (χ1v) is 10.6. The Morgan fingerprint density at radius 2 is 1.85 bits per heavy atom. The minimum Gasteiger partial charge on any atom is -0.278 e. The molecule has 2 N–H and O–H groups in total. The number of thiophene rings is 2. The number of imide groups is 1. The number of nitrogens with one attached hydrogen (secondary N) is 1. The molecule has 2 aromatic heterocycles. The highest BCUT2D eigenvalue weighted by Gasteiger charge is 2.40. The summed E-state index contributed by atoms with van der Waals surface area (Å²) >= 11 is 2.65. The van der Waals surface area contributed by atoms with E-state index in [0.29, 0.717) is 0 Å². The number of nitrogens with zero attached hydrogens (tertiary/aromatic N) is 1. The van der Waals surface area contributed by atoms with Gasteiger partial charge in [-0.25, -0.2) is 8.42 Å². The molecule has 1 fully saturated rings. The van der Waals surface area contributed by atoms with Crippen LogP contribution < -0.4 is 4.72 Å². The van der Waals surface area contributed by atoms with Crippen LogP contribution in [0.15, 0.2) is 46.7 Å². The van der Waals surface area contributed by atoms with Crippen LogP contribution >= 0.6 is 22.7 Å². The molecular formula is C16H12N2O5S3. The average Bonchev–Trinajstić information content (AvgIpc) is 3.30. The highest BCUT2D eigenvalue weighted by atomic mass is 32.2. The van der Waals surface area contributed by atoms with Crippen molar-refractivity contribution >= 4 is 54.6 Å². The highest BCUT2D eigenvalue weighted by molar-refractivity contribution is 7.91. The summed E-state index contributed by atoms with van der Waals surface area (Å²) < 4.78 is 28.3. The van der Waals surface area contributed by atoms with Crippen molar-refractivity contribution in [2.24, 2.45) is 0 Å². The largest absolute Gasteiger partial charge is 0.278 e. The van der Waals surface area contributed by atoms with E-state index < -0.39 is 34.3 Å². The first-order valence-electron chi connectivity index (χ1n) is 7.52. The summed E-state index contributed by atoms with van der Waals surface area (Å²) in [5.41, 5.74) is 0. The molecule has 1 aliphatic heterocycles. The Kier molecular flexibility index (Phi) is 4.16.